The molecule has 3 nitrogen and oxygen atoms in total. The van der Waals surface area contributed by atoms with Crippen molar-refractivity contribution in [1.29, 1.82) is 0 Å². The minimum absolute atomic E-state index is 0.0169. The van der Waals surface area contributed by atoms with Gasteiger partial charge in [0.1, 0.15) is 6.10 Å². The first-order valence-electron chi connectivity index (χ1n) is 6.56. The van der Waals surface area contributed by atoms with E-state index in [1.165, 1.54) is 5.56 Å². The van der Waals surface area contributed by atoms with Crippen LogP contribution < -0.4 is 5.32 Å². The van der Waals surface area contributed by atoms with Crippen LogP contribution >= 0.6 is 11.6 Å². The highest BCUT2D eigenvalue weighted by Crippen LogP contribution is 2.33. The standard InChI is InChI=1S/C15H20ClNO2/c1-15(2,3)13(18)14(19)17-12-7-4-9-8-10(16)5-6-11(9)12/h5-6,8,12-13,18H,4,7H2,1-3H3,(H,17,19)/t12-,13?/m1/s1. The minimum Gasteiger partial charge on any atom is -0.383 e. The Hall–Kier alpha value is -1.06. The molecule has 0 bridgehead atoms. The van der Waals surface area contributed by atoms with Crippen LogP contribution in [0.2, 0.25) is 5.02 Å². The second kappa shape index (κ2) is 5.14. The molecule has 1 amide bonds. The summed E-state index contributed by atoms with van der Waals surface area (Å²) >= 11 is 5.96. The molecule has 2 N–H and O–H groups in total. The van der Waals surface area contributed by atoms with Crippen LogP contribution in [0.4, 0.5) is 0 Å². The third kappa shape index (κ3) is 3.10. The van der Waals surface area contributed by atoms with E-state index in [2.05, 4.69) is 5.32 Å². The first kappa shape index (κ1) is 14.4. The molecule has 0 aromatic heterocycles. The molecule has 1 aliphatic carbocycles. The summed E-state index contributed by atoms with van der Waals surface area (Å²) < 4.78 is 0. The molecule has 0 heterocycles. The highest BCUT2D eigenvalue weighted by Gasteiger charge is 2.32. The summed E-state index contributed by atoms with van der Waals surface area (Å²) in [6, 6.07) is 5.73. The second-order valence-electron chi connectivity index (χ2n) is 6.21. The van der Waals surface area contributed by atoms with Crippen LogP contribution in [-0.2, 0) is 11.2 Å². The highest BCUT2D eigenvalue weighted by molar-refractivity contribution is 6.30. The first-order valence-corrected chi connectivity index (χ1v) is 6.93. The Morgan fingerprint density at radius 2 is 2.16 bits per heavy atom. The number of hydrogen-bond donors (Lipinski definition) is 2. The van der Waals surface area contributed by atoms with Crippen molar-refractivity contribution in [3.63, 3.8) is 0 Å². The van der Waals surface area contributed by atoms with Gasteiger partial charge in [-0.2, -0.15) is 0 Å². The zero-order valence-electron chi connectivity index (χ0n) is 11.5. The Labute approximate surface area is 119 Å². The minimum atomic E-state index is -0.996. The van der Waals surface area contributed by atoms with E-state index < -0.39 is 11.5 Å². The summed E-state index contributed by atoms with van der Waals surface area (Å²) in [5.74, 6) is -0.305. The number of rotatable bonds is 2. The number of benzene rings is 1. The van der Waals surface area contributed by atoms with Crippen molar-refractivity contribution in [1.82, 2.24) is 5.32 Å². The number of aryl methyl sites for hydroxylation is 1. The van der Waals surface area contributed by atoms with E-state index in [4.69, 9.17) is 11.6 Å². The summed E-state index contributed by atoms with van der Waals surface area (Å²) in [5, 5.41) is 13.6. The van der Waals surface area contributed by atoms with Gasteiger partial charge in [0.15, 0.2) is 0 Å². The van der Waals surface area contributed by atoms with E-state index >= 15 is 0 Å². The zero-order chi connectivity index (χ0) is 14.2. The Kier molecular flexibility index (Phi) is 3.88. The van der Waals surface area contributed by atoms with Gasteiger partial charge in [0.05, 0.1) is 6.04 Å². The van der Waals surface area contributed by atoms with Crippen molar-refractivity contribution in [2.24, 2.45) is 5.41 Å². The molecule has 4 heteroatoms. The van der Waals surface area contributed by atoms with Gasteiger partial charge < -0.3 is 10.4 Å². The Morgan fingerprint density at radius 3 is 2.79 bits per heavy atom. The van der Waals surface area contributed by atoms with Gasteiger partial charge in [-0.3, -0.25) is 4.79 Å². The van der Waals surface area contributed by atoms with Gasteiger partial charge in [-0.05, 0) is 41.5 Å². The van der Waals surface area contributed by atoms with E-state index in [0.29, 0.717) is 0 Å². The molecule has 0 radical (unpaired) electrons. The summed E-state index contributed by atoms with van der Waals surface area (Å²) in [6.45, 7) is 5.54. The molecule has 1 aromatic rings. The normalized spacial score (nSPS) is 19.9. The van der Waals surface area contributed by atoms with Gasteiger partial charge in [0.25, 0.3) is 0 Å². The largest absolute Gasteiger partial charge is 0.383 e. The van der Waals surface area contributed by atoms with E-state index in [9.17, 15) is 9.90 Å². The molecule has 0 aliphatic heterocycles. The van der Waals surface area contributed by atoms with Crippen molar-refractivity contribution >= 4 is 17.5 Å². The molecule has 19 heavy (non-hydrogen) atoms. The van der Waals surface area contributed by atoms with Crippen molar-refractivity contribution in [2.75, 3.05) is 0 Å². The predicted octanol–water partition coefficient (Wildman–Crippen LogP) is 2.85. The fourth-order valence-corrected chi connectivity index (χ4v) is 2.57. The molecule has 0 saturated carbocycles. The van der Waals surface area contributed by atoms with Gasteiger partial charge in [-0.25, -0.2) is 0 Å². The van der Waals surface area contributed by atoms with Crippen molar-refractivity contribution in [3.8, 4) is 0 Å². The quantitative estimate of drug-likeness (QED) is 0.876. The van der Waals surface area contributed by atoms with Gasteiger partial charge in [0.2, 0.25) is 5.91 Å². The van der Waals surface area contributed by atoms with Crippen LogP contribution in [0.5, 0.6) is 0 Å². The number of aliphatic hydroxyl groups is 1. The van der Waals surface area contributed by atoms with E-state index in [1.807, 2.05) is 39.0 Å². The van der Waals surface area contributed by atoms with E-state index in [1.54, 1.807) is 0 Å². The van der Waals surface area contributed by atoms with Crippen molar-refractivity contribution < 1.29 is 9.90 Å². The summed E-state index contributed by atoms with van der Waals surface area (Å²) in [7, 11) is 0. The number of fused-ring (bicyclic) bond motifs is 1. The summed E-state index contributed by atoms with van der Waals surface area (Å²) in [5.41, 5.74) is 1.84. The molecule has 1 aromatic carbocycles. The average Bonchev–Trinajstić information content (AvgIpc) is 2.69. The van der Waals surface area contributed by atoms with Crippen LogP contribution in [0.25, 0.3) is 0 Å². The lowest BCUT2D eigenvalue weighted by molar-refractivity contribution is -0.135. The third-order valence-corrected chi connectivity index (χ3v) is 3.80. The average molecular weight is 282 g/mol. The van der Waals surface area contributed by atoms with Crippen LogP contribution in [0.1, 0.15) is 44.4 Å². The highest BCUT2D eigenvalue weighted by atomic mass is 35.5. The van der Waals surface area contributed by atoms with Crippen LogP contribution in [0.15, 0.2) is 18.2 Å². The van der Waals surface area contributed by atoms with Crippen LogP contribution in [0.3, 0.4) is 0 Å². The zero-order valence-corrected chi connectivity index (χ0v) is 12.3. The van der Waals surface area contributed by atoms with Gasteiger partial charge >= 0.3 is 0 Å². The maximum Gasteiger partial charge on any atom is 0.249 e. The fraction of sp³-hybridized carbons (Fsp3) is 0.533. The van der Waals surface area contributed by atoms with E-state index in [0.717, 1.165) is 23.4 Å². The van der Waals surface area contributed by atoms with Crippen LogP contribution in [0, 0.1) is 5.41 Å². The molecule has 104 valence electrons. The van der Waals surface area contributed by atoms with Crippen molar-refractivity contribution in [3.05, 3.63) is 34.3 Å². The topological polar surface area (TPSA) is 49.3 Å². The van der Waals surface area contributed by atoms with Crippen LogP contribution in [-0.4, -0.2) is 17.1 Å². The molecule has 2 atom stereocenters. The molecule has 0 fully saturated rings. The number of carbonyl (C=O) groups excluding carboxylic acids is 1. The van der Waals surface area contributed by atoms with Gasteiger partial charge in [-0.15, -0.1) is 0 Å². The lowest BCUT2D eigenvalue weighted by Gasteiger charge is -2.26. The molecule has 1 unspecified atom stereocenters. The fourth-order valence-electron chi connectivity index (χ4n) is 2.38. The molecule has 0 saturated heterocycles. The summed E-state index contributed by atoms with van der Waals surface area (Å²) in [6.07, 6.45) is 0.772. The second-order valence-corrected chi connectivity index (χ2v) is 6.65. The van der Waals surface area contributed by atoms with E-state index in [-0.39, 0.29) is 11.9 Å². The molecular weight excluding hydrogens is 262 g/mol. The third-order valence-electron chi connectivity index (χ3n) is 3.57. The smallest absolute Gasteiger partial charge is 0.249 e. The predicted molar refractivity (Wildman–Crippen MR) is 76.1 cm³/mol. The van der Waals surface area contributed by atoms with Crippen molar-refractivity contribution in [2.45, 2.75) is 45.8 Å². The SMILES string of the molecule is CC(C)(C)C(O)C(=O)N[C@@H]1CCc2cc(Cl)ccc21. The monoisotopic (exact) mass is 281 g/mol. The number of hydrogen-bond acceptors (Lipinski definition) is 2. The molecule has 2 rings (SSSR count). The van der Waals surface area contributed by atoms with Gasteiger partial charge in [0, 0.05) is 5.02 Å². The first-order chi connectivity index (χ1) is 8.79. The Bertz CT molecular complexity index is 493. The van der Waals surface area contributed by atoms with Gasteiger partial charge in [-0.1, -0.05) is 38.4 Å². The molecule has 1 aliphatic rings. The number of halogens is 1. The Morgan fingerprint density at radius 1 is 1.47 bits per heavy atom. The molecule has 0 spiro atoms. The lowest BCUT2D eigenvalue weighted by atomic mass is 9.88. The maximum atomic E-state index is 12.0. The number of nitrogens with one attached hydrogen (secondary N) is 1. The lowest BCUT2D eigenvalue weighted by Crippen LogP contribution is -2.43. The number of carbonyl (C=O) groups is 1. The summed E-state index contributed by atoms with van der Waals surface area (Å²) in [4.78, 5) is 12.0. The number of amides is 1. The maximum absolute atomic E-state index is 12.0. The Balaban J connectivity index is 2.09. The molecular formula is C15H20ClNO2. The number of aliphatic hydroxyl groups excluding tert-OH is 1.